The van der Waals surface area contributed by atoms with E-state index in [-0.39, 0.29) is 47.9 Å². The molecule has 2 unspecified atom stereocenters. The number of H-pyrrole nitrogens is 1. The molecule has 9 nitrogen and oxygen atoms in total. The van der Waals surface area contributed by atoms with E-state index in [9.17, 15) is 24.0 Å². The highest BCUT2D eigenvalue weighted by Crippen LogP contribution is 2.30. The second-order valence-electron chi connectivity index (χ2n) is 6.40. The maximum atomic E-state index is 12.3. The van der Waals surface area contributed by atoms with Crippen LogP contribution in [0.25, 0.3) is 0 Å². The van der Waals surface area contributed by atoms with Gasteiger partial charge in [0.1, 0.15) is 0 Å². The first kappa shape index (κ1) is 18.4. The van der Waals surface area contributed by atoms with E-state index in [0.29, 0.717) is 12.8 Å². The number of nitrogens with zero attached hydrogens (tertiary/aromatic N) is 2. The number of rotatable bonds is 5. The lowest BCUT2D eigenvalue weighted by Crippen LogP contribution is -2.54. The van der Waals surface area contributed by atoms with Gasteiger partial charge < -0.3 is 9.88 Å². The molecule has 1 saturated carbocycles. The smallest absolute Gasteiger partial charge is 0.328 e. The standard InChI is InChI=1S/C16H20N4O5S/c21-12(5-7-19-8-6-13(22)18-15(19)24)17-10-3-1-2-4-11(10)20-14(23)9-26-16(20)25/h6,8,10-11H,1-5,7,9H2,(H,17,21)(H,18,22,24). The van der Waals surface area contributed by atoms with Crippen LogP contribution < -0.4 is 16.6 Å². The van der Waals surface area contributed by atoms with Gasteiger partial charge in [-0.3, -0.25) is 29.1 Å². The van der Waals surface area contributed by atoms with Crippen LogP contribution in [0.1, 0.15) is 32.1 Å². The van der Waals surface area contributed by atoms with Crippen LogP contribution in [-0.4, -0.2) is 49.3 Å². The zero-order valence-electron chi connectivity index (χ0n) is 14.1. The second kappa shape index (κ2) is 7.90. The number of carbonyl (C=O) groups excluding carboxylic acids is 3. The predicted octanol–water partition coefficient (Wildman–Crippen LogP) is 0.0495. The summed E-state index contributed by atoms with van der Waals surface area (Å²) in [5.74, 6) is -0.303. The van der Waals surface area contributed by atoms with Crippen LogP contribution in [0, 0.1) is 0 Å². The van der Waals surface area contributed by atoms with E-state index in [2.05, 4.69) is 10.3 Å². The summed E-state index contributed by atoms with van der Waals surface area (Å²) in [6, 6.07) is 0.646. The van der Waals surface area contributed by atoms with Gasteiger partial charge in [0.05, 0.1) is 11.8 Å². The fourth-order valence-electron chi connectivity index (χ4n) is 3.39. The minimum absolute atomic E-state index is 0.0613. The van der Waals surface area contributed by atoms with Crippen molar-refractivity contribution in [3.8, 4) is 0 Å². The fraction of sp³-hybridized carbons (Fsp3) is 0.562. The zero-order chi connectivity index (χ0) is 18.7. The molecule has 1 saturated heterocycles. The van der Waals surface area contributed by atoms with Crippen LogP contribution in [-0.2, 0) is 16.1 Å². The summed E-state index contributed by atoms with van der Waals surface area (Å²) in [6.07, 6.45) is 4.62. The Hall–Kier alpha value is -2.36. The molecule has 1 aromatic rings. The average molecular weight is 380 g/mol. The maximum absolute atomic E-state index is 12.3. The van der Waals surface area contributed by atoms with Gasteiger partial charge in [0.25, 0.3) is 10.8 Å². The Morgan fingerprint density at radius 1 is 1.23 bits per heavy atom. The number of aromatic nitrogens is 2. The van der Waals surface area contributed by atoms with Crippen molar-refractivity contribution in [2.45, 2.75) is 50.7 Å². The zero-order valence-corrected chi connectivity index (χ0v) is 14.9. The highest BCUT2D eigenvalue weighted by Gasteiger charge is 2.41. The molecule has 2 aliphatic rings. The molecule has 3 rings (SSSR count). The number of imide groups is 1. The van der Waals surface area contributed by atoms with E-state index in [1.165, 1.54) is 21.7 Å². The van der Waals surface area contributed by atoms with E-state index < -0.39 is 11.2 Å². The Bertz CT molecular complexity index is 816. The number of amides is 3. The molecule has 26 heavy (non-hydrogen) atoms. The van der Waals surface area contributed by atoms with Crippen LogP contribution in [0.2, 0.25) is 0 Å². The van der Waals surface area contributed by atoms with Crippen molar-refractivity contribution in [1.82, 2.24) is 19.8 Å². The maximum Gasteiger partial charge on any atom is 0.328 e. The summed E-state index contributed by atoms with van der Waals surface area (Å²) in [4.78, 5) is 62.4. The number of aromatic amines is 1. The Kier molecular flexibility index (Phi) is 5.60. The fourth-order valence-corrected chi connectivity index (χ4v) is 4.16. The lowest BCUT2D eigenvalue weighted by Gasteiger charge is -2.36. The Balaban J connectivity index is 1.61. The van der Waals surface area contributed by atoms with Gasteiger partial charge >= 0.3 is 5.69 Å². The highest BCUT2D eigenvalue weighted by molar-refractivity contribution is 8.14. The molecule has 1 aliphatic carbocycles. The van der Waals surface area contributed by atoms with E-state index in [1.54, 1.807) is 0 Å². The summed E-state index contributed by atoms with van der Waals surface area (Å²) < 4.78 is 1.25. The summed E-state index contributed by atoms with van der Waals surface area (Å²) in [6.45, 7) is 0.135. The van der Waals surface area contributed by atoms with Crippen molar-refractivity contribution >= 4 is 28.8 Å². The Labute approximate surface area is 153 Å². The largest absolute Gasteiger partial charge is 0.351 e. The van der Waals surface area contributed by atoms with Crippen molar-refractivity contribution in [2.75, 3.05) is 5.75 Å². The number of nitrogens with one attached hydrogen (secondary N) is 2. The lowest BCUT2D eigenvalue weighted by atomic mass is 9.89. The third-order valence-electron chi connectivity index (χ3n) is 4.67. The van der Waals surface area contributed by atoms with E-state index >= 15 is 0 Å². The molecule has 0 spiro atoms. The molecule has 0 radical (unpaired) electrons. The predicted molar refractivity (Wildman–Crippen MR) is 94.8 cm³/mol. The average Bonchev–Trinajstić information content (AvgIpc) is 2.93. The molecule has 2 N–H and O–H groups in total. The molecular formula is C16H20N4O5S. The first-order chi connectivity index (χ1) is 12.5. The number of hydrogen-bond donors (Lipinski definition) is 2. The first-order valence-corrected chi connectivity index (χ1v) is 9.52. The van der Waals surface area contributed by atoms with Gasteiger partial charge in [0.2, 0.25) is 11.8 Å². The third-order valence-corrected chi connectivity index (χ3v) is 5.50. The first-order valence-electron chi connectivity index (χ1n) is 8.53. The van der Waals surface area contributed by atoms with Gasteiger partial charge in [-0.1, -0.05) is 24.6 Å². The quantitative estimate of drug-likeness (QED) is 0.744. The second-order valence-corrected chi connectivity index (χ2v) is 7.32. The van der Waals surface area contributed by atoms with Crippen LogP contribution >= 0.6 is 11.8 Å². The van der Waals surface area contributed by atoms with Gasteiger partial charge in [0, 0.05) is 31.3 Å². The Morgan fingerprint density at radius 3 is 2.69 bits per heavy atom. The molecule has 3 amide bonds. The monoisotopic (exact) mass is 380 g/mol. The van der Waals surface area contributed by atoms with Gasteiger partial charge in [-0.2, -0.15) is 0 Å². The van der Waals surface area contributed by atoms with Crippen molar-refractivity contribution in [3.63, 3.8) is 0 Å². The molecule has 140 valence electrons. The molecular weight excluding hydrogens is 360 g/mol. The minimum atomic E-state index is -0.564. The number of aryl methyl sites for hydroxylation is 1. The van der Waals surface area contributed by atoms with Crippen LogP contribution in [0.4, 0.5) is 4.79 Å². The van der Waals surface area contributed by atoms with Crippen LogP contribution in [0.3, 0.4) is 0 Å². The third kappa shape index (κ3) is 4.06. The molecule has 0 bridgehead atoms. The highest BCUT2D eigenvalue weighted by atomic mass is 32.2. The van der Waals surface area contributed by atoms with Crippen molar-refractivity contribution in [3.05, 3.63) is 33.1 Å². The van der Waals surface area contributed by atoms with Gasteiger partial charge in [-0.05, 0) is 12.8 Å². The van der Waals surface area contributed by atoms with Crippen molar-refractivity contribution in [2.24, 2.45) is 0 Å². The summed E-state index contributed by atoms with van der Waals surface area (Å²) in [5, 5.41) is 2.66. The SMILES string of the molecule is O=C(CCn1ccc(=O)[nH]c1=O)NC1CCCCC1N1C(=O)CSC1=O. The molecule has 1 aliphatic heterocycles. The van der Waals surface area contributed by atoms with E-state index in [0.717, 1.165) is 24.6 Å². The summed E-state index contributed by atoms with van der Waals surface area (Å²) >= 11 is 0.996. The molecule has 10 heteroatoms. The van der Waals surface area contributed by atoms with E-state index in [1.807, 2.05) is 0 Å². The molecule has 2 heterocycles. The van der Waals surface area contributed by atoms with Crippen molar-refractivity contribution in [1.29, 1.82) is 0 Å². The normalized spacial score (nSPS) is 23.3. The molecule has 1 aromatic heterocycles. The lowest BCUT2D eigenvalue weighted by molar-refractivity contribution is -0.129. The summed E-state index contributed by atoms with van der Waals surface area (Å²) in [7, 11) is 0. The number of carbonyl (C=O) groups is 3. The van der Waals surface area contributed by atoms with E-state index in [4.69, 9.17) is 0 Å². The van der Waals surface area contributed by atoms with Gasteiger partial charge in [0.15, 0.2) is 0 Å². The Morgan fingerprint density at radius 2 is 2.00 bits per heavy atom. The topological polar surface area (TPSA) is 121 Å². The number of hydrogen-bond acceptors (Lipinski definition) is 6. The van der Waals surface area contributed by atoms with Gasteiger partial charge in [-0.15, -0.1) is 0 Å². The molecule has 2 fully saturated rings. The molecule has 0 aromatic carbocycles. The number of thioether (sulfide) groups is 1. The minimum Gasteiger partial charge on any atom is -0.351 e. The van der Waals surface area contributed by atoms with Crippen molar-refractivity contribution < 1.29 is 14.4 Å². The van der Waals surface area contributed by atoms with Crippen LogP contribution in [0.15, 0.2) is 21.9 Å². The van der Waals surface area contributed by atoms with Crippen LogP contribution in [0.5, 0.6) is 0 Å². The van der Waals surface area contributed by atoms with Gasteiger partial charge in [-0.25, -0.2) is 4.79 Å². The molecule has 2 atom stereocenters. The summed E-state index contributed by atoms with van der Waals surface area (Å²) in [5.41, 5.74) is -1.05.